The summed E-state index contributed by atoms with van der Waals surface area (Å²) in [6.07, 6.45) is 12.7. The highest BCUT2D eigenvalue weighted by Gasteiger charge is 2.27. The molecular weight excluding hydrogens is 470 g/mol. The van der Waals surface area contributed by atoms with Crippen molar-refractivity contribution in [3.63, 3.8) is 0 Å². The minimum atomic E-state index is 0.0458. The molecule has 2 atom stereocenters. The van der Waals surface area contributed by atoms with E-state index >= 15 is 0 Å². The van der Waals surface area contributed by atoms with E-state index in [0.717, 1.165) is 12.8 Å². The third-order valence-corrected chi connectivity index (χ3v) is 8.15. The van der Waals surface area contributed by atoms with Crippen LogP contribution in [0.1, 0.15) is 85.4 Å². The molecule has 4 aromatic rings. The maximum absolute atomic E-state index is 3.82. The summed E-state index contributed by atoms with van der Waals surface area (Å²) in [5.74, 6) is 0.413. The number of fused-ring (bicyclic) bond motifs is 3. The fourth-order valence-corrected chi connectivity index (χ4v) is 5.83. The second-order valence-corrected chi connectivity index (χ2v) is 12.9. The molecule has 0 spiro atoms. The first-order valence-corrected chi connectivity index (χ1v) is 14.6. The van der Waals surface area contributed by atoms with E-state index in [1.54, 1.807) is 0 Å². The van der Waals surface area contributed by atoms with Gasteiger partial charge in [0, 0.05) is 27.9 Å². The second kappa shape index (κ2) is 11.4. The Kier molecular flexibility index (Phi) is 8.40. The zero-order chi connectivity index (χ0) is 28.4. The van der Waals surface area contributed by atoms with Crippen molar-refractivity contribution in [2.75, 3.05) is 0 Å². The van der Waals surface area contributed by atoms with E-state index in [1.807, 2.05) is 12.2 Å². The average Bonchev–Trinajstić information content (AvgIpc) is 3.23. The van der Waals surface area contributed by atoms with Crippen LogP contribution in [0.5, 0.6) is 0 Å². The van der Waals surface area contributed by atoms with Gasteiger partial charge < -0.3 is 4.57 Å². The van der Waals surface area contributed by atoms with Crippen LogP contribution in [0.25, 0.3) is 32.9 Å². The topological polar surface area (TPSA) is 4.93 Å². The molecule has 1 heteroatoms. The van der Waals surface area contributed by atoms with Crippen molar-refractivity contribution in [2.24, 2.45) is 5.92 Å². The fraction of sp³-hybridized carbons (Fsp3) is 0.368. The molecule has 0 amide bonds. The van der Waals surface area contributed by atoms with E-state index in [2.05, 4.69) is 145 Å². The van der Waals surface area contributed by atoms with Crippen LogP contribution in [-0.4, -0.2) is 4.57 Å². The van der Waals surface area contributed by atoms with E-state index in [4.69, 9.17) is 0 Å². The van der Waals surface area contributed by atoms with Gasteiger partial charge in [0.05, 0.1) is 5.52 Å². The largest absolute Gasteiger partial charge is 0.336 e. The number of hydrogen-bond acceptors (Lipinski definition) is 0. The standard InChI is InChI=1S/C38H47N/c1-10-13-14-16-19-27(11-2)34(12-3)39-35-23-22-29(37(4,5)6)24-32(35)33-26-30(38(7,8)9)25-31(36(33)39)28-20-17-15-18-21-28/h10,13-27,34H,1,11-12H2,2-9H3/b14-13-,19-16+/t27-,34?/m0/s1. The molecule has 1 unspecified atom stereocenters. The van der Waals surface area contributed by atoms with Crippen LogP contribution in [-0.2, 0) is 10.8 Å². The van der Waals surface area contributed by atoms with E-state index in [9.17, 15) is 0 Å². The van der Waals surface area contributed by atoms with Crippen molar-refractivity contribution in [2.45, 2.75) is 85.1 Å². The van der Waals surface area contributed by atoms with Gasteiger partial charge in [0.2, 0.25) is 0 Å². The van der Waals surface area contributed by atoms with Gasteiger partial charge >= 0.3 is 0 Å². The normalized spacial score (nSPS) is 14.6. The summed E-state index contributed by atoms with van der Waals surface area (Å²) in [4.78, 5) is 0. The lowest BCUT2D eigenvalue weighted by Gasteiger charge is -2.28. The van der Waals surface area contributed by atoms with Gasteiger partial charge in [-0.3, -0.25) is 0 Å². The quantitative estimate of drug-likeness (QED) is 0.205. The highest BCUT2D eigenvalue weighted by atomic mass is 15.0. The Morgan fingerprint density at radius 3 is 2.00 bits per heavy atom. The van der Waals surface area contributed by atoms with E-state index < -0.39 is 0 Å². The van der Waals surface area contributed by atoms with Crippen LogP contribution >= 0.6 is 0 Å². The van der Waals surface area contributed by atoms with Crippen LogP contribution in [0.2, 0.25) is 0 Å². The summed E-state index contributed by atoms with van der Waals surface area (Å²) >= 11 is 0. The predicted molar refractivity (Wildman–Crippen MR) is 174 cm³/mol. The van der Waals surface area contributed by atoms with Crippen LogP contribution in [0.15, 0.2) is 97.6 Å². The van der Waals surface area contributed by atoms with Crippen molar-refractivity contribution in [3.05, 3.63) is 109 Å². The van der Waals surface area contributed by atoms with Gasteiger partial charge in [-0.15, -0.1) is 0 Å². The third-order valence-electron chi connectivity index (χ3n) is 8.15. The number of benzene rings is 3. The summed E-state index contributed by atoms with van der Waals surface area (Å²) in [7, 11) is 0. The summed E-state index contributed by atoms with van der Waals surface area (Å²) in [6, 6.07) is 23.4. The molecule has 0 aliphatic heterocycles. The van der Waals surface area contributed by atoms with Crippen LogP contribution in [0.4, 0.5) is 0 Å². The van der Waals surface area contributed by atoms with E-state index in [-0.39, 0.29) is 10.8 Å². The number of rotatable bonds is 8. The van der Waals surface area contributed by atoms with E-state index in [1.165, 1.54) is 44.1 Å². The Balaban J connectivity index is 2.16. The molecule has 39 heavy (non-hydrogen) atoms. The molecule has 0 radical (unpaired) electrons. The lowest BCUT2D eigenvalue weighted by molar-refractivity contribution is 0.383. The summed E-state index contributed by atoms with van der Waals surface area (Å²) in [5.41, 5.74) is 8.19. The Morgan fingerprint density at radius 2 is 1.41 bits per heavy atom. The van der Waals surface area contributed by atoms with Gasteiger partial charge in [-0.1, -0.05) is 129 Å². The number of hydrogen-bond donors (Lipinski definition) is 0. The molecule has 204 valence electrons. The SMILES string of the molecule is C=C/C=C\C=C\[C@H](CC)C(CC)n1c2ccc(C(C)(C)C)cc2c2cc(C(C)(C)C)cc(-c3ccccc3)c21. The zero-order valence-corrected chi connectivity index (χ0v) is 25.4. The van der Waals surface area contributed by atoms with Gasteiger partial charge in [-0.2, -0.15) is 0 Å². The molecule has 0 N–H and O–H groups in total. The first kappa shape index (κ1) is 28.7. The van der Waals surface area contributed by atoms with Gasteiger partial charge in [0.15, 0.2) is 0 Å². The molecule has 0 saturated heterocycles. The number of nitrogens with zero attached hydrogens (tertiary/aromatic N) is 1. The van der Waals surface area contributed by atoms with Gasteiger partial charge in [0.25, 0.3) is 0 Å². The van der Waals surface area contributed by atoms with Gasteiger partial charge in [-0.25, -0.2) is 0 Å². The Labute approximate surface area is 237 Å². The molecule has 0 aliphatic carbocycles. The smallest absolute Gasteiger partial charge is 0.0574 e. The molecule has 0 saturated carbocycles. The fourth-order valence-electron chi connectivity index (χ4n) is 5.83. The lowest BCUT2D eigenvalue weighted by atomic mass is 9.83. The maximum atomic E-state index is 3.82. The molecule has 1 heterocycles. The highest BCUT2D eigenvalue weighted by molar-refractivity contribution is 6.13. The molecule has 1 aromatic heterocycles. The van der Waals surface area contributed by atoms with Crippen molar-refractivity contribution >= 4 is 21.8 Å². The van der Waals surface area contributed by atoms with Crippen molar-refractivity contribution < 1.29 is 0 Å². The Hall–Kier alpha value is -3.32. The van der Waals surface area contributed by atoms with E-state index in [0.29, 0.717) is 12.0 Å². The van der Waals surface area contributed by atoms with Crippen molar-refractivity contribution in [1.82, 2.24) is 4.57 Å². The highest BCUT2D eigenvalue weighted by Crippen LogP contribution is 2.44. The second-order valence-electron chi connectivity index (χ2n) is 12.9. The minimum Gasteiger partial charge on any atom is -0.336 e. The molecule has 3 aromatic carbocycles. The van der Waals surface area contributed by atoms with Crippen molar-refractivity contribution in [1.29, 1.82) is 0 Å². The Morgan fingerprint density at radius 1 is 0.744 bits per heavy atom. The minimum absolute atomic E-state index is 0.0458. The summed E-state index contributed by atoms with van der Waals surface area (Å²) in [5, 5.41) is 2.73. The Bertz CT molecular complexity index is 1500. The van der Waals surface area contributed by atoms with Crippen LogP contribution in [0.3, 0.4) is 0 Å². The summed E-state index contributed by atoms with van der Waals surface area (Å²) < 4.78 is 2.68. The molecule has 0 fully saturated rings. The first-order chi connectivity index (χ1) is 18.5. The third kappa shape index (κ3) is 5.83. The number of allylic oxidation sites excluding steroid dienone is 5. The van der Waals surface area contributed by atoms with Crippen LogP contribution in [0, 0.1) is 5.92 Å². The monoisotopic (exact) mass is 517 g/mol. The first-order valence-electron chi connectivity index (χ1n) is 14.6. The van der Waals surface area contributed by atoms with Gasteiger partial charge in [-0.05, 0) is 70.5 Å². The van der Waals surface area contributed by atoms with Crippen LogP contribution < -0.4 is 0 Å². The molecule has 1 nitrogen and oxygen atoms in total. The lowest BCUT2D eigenvalue weighted by Crippen LogP contribution is -2.18. The van der Waals surface area contributed by atoms with Crippen molar-refractivity contribution in [3.8, 4) is 11.1 Å². The molecule has 0 aliphatic rings. The number of aromatic nitrogens is 1. The summed E-state index contributed by atoms with van der Waals surface area (Å²) in [6.45, 7) is 22.4. The molecule has 0 bridgehead atoms. The molecular formula is C38H47N. The zero-order valence-electron chi connectivity index (χ0n) is 25.4. The average molecular weight is 518 g/mol. The maximum Gasteiger partial charge on any atom is 0.0574 e. The van der Waals surface area contributed by atoms with Gasteiger partial charge in [0.1, 0.15) is 0 Å². The molecule has 4 rings (SSSR count). The predicted octanol–water partition coefficient (Wildman–Crippen LogP) is 11.3.